The predicted octanol–water partition coefficient (Wildman–Crippen LogP) is 1.94. The van der Waals surface area contributed by atoms with Crippen LogP contribution in [0.1, 0.15) is 24.0 Å². The minimum absolute atomic E-state index is 0.575. The highest BCUT2D eigenvalue weighted by Gasteiger charge is 2.19. The van der Waals surface area contributed by atoms with Crippen LogP contribution in [0.5, 0.6) is 0 Å². The summed E-state index contributed by atoms with van der Waals surface area (Å²) in [7, 11) is 0. The Balaban J connectivity index is 2.21. The number of benzene rings is 1. The van der Waals surface area contributed by atoms with Gasteiger partial charge in [0, 0.05) is 24.5 Å². The molecule has 1 aromatic carbocycles. The van der Waals surface area contributed by atoms with Crippen LogP contribution in [0.4, 0.5) is 11.4 Å². The Kier molecular flexibility index (Phi) is 3.55. The highest BCUT2D eigenvalue weighted by molar-refractivity contribution is 6.10. The summed E-state index contributed by atoms with van der Waals surface area (Å²) in [5, 5.41) is 0. The maximum Gasteiger partial charge on any atom is 0.0554 e. The molecule has 6 N–H and O–H groups in total. The molecule has 18 heavy (non-hydrogen) atoms. The zero-order chi connectivity index (χ0) is 13.1. The van der Waals surface area contributed by atoms with Gasteiger partial charge in [-0.15, -0.1) is 0 Å². The zero-order valence-electron chi connectivity index (χ0n) is 10.7. The van der Waals surface area contributed by atoms with Gasteiger partial charge in [-0.3, -0.25) is 4.99 Å². The molecule has 0 radical (unpaired) electrons. The van der Waals surface area contributed by atoms with E-state index >= 15 is 0 Å². The van der Waals surface area contributed by atoms with Gasteiger partial charge in [-0.05, 0) is 48.9 Å². The highest BCUT2D eigenvalue weighted by atomic mass is 14.7. The van der Waals surface area contributed by atoms with Crippen LogP contribution in [-0.2, 0) is 0 Å². The number of aliphatic imine (C=N–C) groups is 1. The maximum absolute atomic E-state index is 5.83. The van der Waals surface area contributed by atoms with Gasteiger partial charge < -0.3 is 17.2 Å². The van der Waals surface area contributed by atoms with Crippen molar-refractivity contribution in [3.05, 3.63) is 29.5 Å². The quantitative estimate of drug-likeness (QED) is 0.558. The number of nitrogens with zero attached hydrogens (tertiary/aromatic N) is 1. The van der Waals surface area contributed by atoms with Gasteiger partial charge in [-0.1, -0.05) is 0 Å². The molecule has 0 unspecified atom stereocenters. The monoisotopic (exact) mass is 244 g/mol. The van der Waals surface area contributed by atoms with Crippen LogP contribution in [0.2, 0.25) is 0 Å². The van der Waals surface area contributed by atoms with Crippen molar-refractivity contribution in [1.82, 2.24) is 0 Å². The van der Waals surface area contributed by atoms with Gasteiger partial charge in [-0.25, -0.2) is 0 Å². The number of hydrogen-bond donors (Lipinski definition) is 3. The first-order valence-corrected chi connectivity index (χ1v) is 6.19. The molecule has 0 saturated heterocycles. The molecule has 1 saturated carbocycles. The van der Waals surface area contributed by atoms with Crippen molar-refractivity contribution >= 4 is 23.2 Å². The van der Waals surface area contributed by atoms with Crippen molar-refractivity contribution < 1.29 is 0 Å². The van der Waals surface area contributed by atoms with E-state index in [-0.39, 0.29) is 0 Å². The summed E-state index contributed by atoms with van der Waals surface area (Å²) in [5.74, 6) is 0.776. The fourth-order valence-electron chi connectivity index (χ4n) is 1.86. The summed E-state index contributed by atoms with van der Waals surface area (Å²) < 4.78 is 0. The Labute approximate surface area is 108 Å². The van der Waals surface area contributed by atoms with Crippen molar-refractivity contribution in [2.75, 3.05) is 18.0 Å². The molecule has 0 bridgehead atoms. The fourth-order valence-corrected chi connectivity index (χ4v) is 1.86. The van der Waals surface area contributed by atoms with E-state index in [0.717, 1.165) is 29.2 Å². The number of anilines is 2. The van der Waals surface area contributed by atoms with Gasteiger partial charge in [0.25, 0.3) is 0 Å². The van der Waals surface area contributed by atoms with E-state index < -0.39 is 0 Å². The molecule has 1 aromatic rings. The summed E-state index contributed by atoms with van der Waals surface area (Å²) in [6, 6.07) is 3.72. The normalized spacial score (nSPS) is 16.4. The molecule has 0 aromatic heterocycles. The summed E-state index contributed by atoms with van der Waals surface area (Å²) in [6.45, 7) is 2.88. The van der Waals surface area contributed by atoms with E-state index in [2.05, 4.69) is 4.99 Å². The molecule has 0 spiro atoms. The van der Waals surface area contributed by atoms with Crippen LogP contribution in [-0.4, -0.2) is 12.8 Å². The largest absolute Gasteiger partial charge is 0.404 e. The number of rotatable bonds is 4. The second-order valence-corrected chi connectivity index (χ2v) is 4.86. The van der Waals surface area contributed by atoms with Gasteiger partial charge in [0.05, 0.1) is 11.4 Å². The van der Waals surface area contributed by atoms with Crippen LogP contribution >= 0.6 is 0 Å². The summed E-state index contributed by atoms with van der Waals surface area (Å²) >= 11 is 0. The van der Waals surface area contributed by atoms with Crippen molar-refractivity contribution in [1.29, 1.82) is 0 Å². The molecule has 1 fully saturated rings. The molecule has 2 rings (SSSR count). The summed E-state index contributed by atoms with van der Waals surface area (Å²) in [5.41, 5.74) is 21.4. The standard InChI is InChI=1S/C14H20N4/c1-9-4-13(16)14(17)5-12(9)11(6-15)8-18-7-10-2-3-10/h4-6,8,10H,2-3,7,15-17H2,1H3. The number of aryl methyl sites for hydroxylation is 1. The number of nitrogens with two attached hydrogens (primary N) is 3. The van der Waals surface area contributed by atoms with Gasteiger partial charge >= 0.3 is 0 Å². The first-order valence-electron chi connectivity index (χ1n) is 6.19. The number of nitrogen functional groups attached to an aromatic ring is 2. The Morgan fingerprint density at radius 3 is 2.61 bits per heavy atom. The minimum Gasteiger partial charge on any atom is -0.404 e. The van der Waals surface area contributed by atoms with E-state index in [0.29, 0.717) is 11.4 Å². The SMILES string of the molecule is Cc1cc(N)c(N)cc1C(C=NCC1CC1)=CN. The predicted molar refractivity (Wildman–Crippen MR) is 78.3 cm³/mol. The van der Waals surface area contributed by atoms with E-state index in [1.54, 1.807) is 6.20 Å². The summed E-state index contributed by atoms with van der Waals surface area (Å²) in [6.07, 6.45) is 5.99. The van der Waals surface area contributed by atoms with Crippen LogP contribution in [0.15, 0.2) is 23.3 Å². The molecule has 1 aliphatic rings. The lowest BCUT2D eigenvalue weighted by Gasteiger charge is -2.09. The van der Waals surface area contributed by atoms with Gasteiger partial charge in [0.2, 0.25) is 0 Å². The van der Waals surface area contributed by atoms with Crippen molar-refractivity contribution in [3.63, 3.8) is 0 Å². The maximum atomic E-state index is 5.83. The molecular formula is C14H20N4. The lowest BCUT2D eigenvalue weighted by Crippen LogP contribution is -2.01. The average molecular weight is 244 g/mol. The molecule has 0 amide bonds. The van der Waals surface area contributed by atoms with Gasteiger partial charge in [0.1, 0.15) is 0 Å². The molecule has 96 valence electrons. The average Bonchev–Trinajstić information content (AvgIpc) is 3.14. The van der Waals surface area contributed by atoms with E-state index in [4.69, 9.17) is 17.2 Å². The Hall–Kier alpha value is -1.97. The molecule has 4 heteroatoms. The lowest BCUT2D eigenvalue weighted by atomic mass is 10.0. The lowest BCUT2D eigenvalue weighted by molar-refractivity contribution is 0.852. The van der Waals surface area contributed by atoms with Crippen molar-refractivity contribution in [3.8, 4) is 0 Å². The first-order chi connectivity index (χ1) is 8.61. The Morgan fingerprint density at radius 1 is 1.33 bits per heavy atom. The van der Waals surface area contributed by atoms with Crippen LogP contribution in [0, 0.1) is 12.8 Å². The minimum atomic E-state index is 0.575. The molecular weight excluding hydrogens is 224 g/mol. The zero-order valence-corrected chi connectivity index (χ0v) is 10.7. The third-order valence-corrected chi connectivity index (χ3v) is 3.21. The van der Waals surface area contributed by atoms with Crippen molar-refractivity contribution in [2.45, 2.75) is 19.8 Å². The molecule has 0 aliphatic heterocycles. The molecule has 1 aliphatic carbocycles. The molecule has 0 atom stereocenters. The van der Waals surface area contributed by atoms with Crippen molar-refractivity contribution in [2.24, 2.45) is 16.6 Å². The van der Waals surface area contributed by atoms with Crippen LogP contribution in [0.3, 0.4) is 0 Å². The second kappa shape index (κ2) is 5.12. The van der Waals surface area contributed by atoms with Crippen LogP contribution in [0.25, 0.3) is 5.57 Å². The molecule has 0 heterocycles. The van der Waals surface area contributed by atoms with Gasteiger partial charge in [-0.2, -0.15) is 0 Å². The van der Waals surface area contributed by atoms with Gasteiger partial charge in [0.15, 0.2) is 0 Å². The van der Waals surface area contributed by atoms with E-state index in [1.807, 2.05) is 25.3 Å². The third-order valence-electron chi connectivity index (χ3n) is 3.21. The summed E-state index contributed by atoms with van der Waals surface area (Å²) in [4.78, 5) is 4.43. The highest BCUT2D eigenvalue weighted by Crippen LogP contribution is 2.29. The first kappa shape index (κ1) is 12.5. The van der Waals surface area contributed by atoms with Crippen LogP contribution < -0.4 is 17.2 Å². The third kappa shape index (κ3) is 2.83. The fraction of sp³-hybridized carbons (Fsp3) is 0.357. The Morgan fingerprint density at radius 2 is 2.00 bits per heavy atom. The topological polar surface area (TPSA) is 90.4 Å². The smallest absolute Gasteiger partial charge is 0.0554 e. The Bertz CT molecular complexity index is 499. The number of hydrogen-bond acceptors (Lipinski definition) is 4. The van der Waals surface area contributed by atoms with E-state index in [9.17, 15) is 0 Å². The second-order valence-electron chi connectivity index (χ2n) is 4.86. The van der Waals surface area contributed by atoms with E-state index in [1.165, 1.54) is 12.8 Å². The molecule has 4 nitrogen and oxygen atoms in total. The number of allylic oxidation sites excluding steroid dienone is 1.